The molecule has 0 aliphatic carbocycles. The van der Waals surface area contributed by atoms with Gasteiger partial charge in [-0.3, -0.25) is 0 Å². The molecule has 0 spiro atoms. The van der Waals surface area contributed by atoms with Gasteiger partial charge in [0.15, 0.2) is 0 Å². The molecule has 0 heterocycles. The Morgan fingerprint density at radius 1 is 1.44 bits per heavy atom. The number of carboxylic acid groups (broad SMARTS) is 1. The van der Waals surface area contributed by atoms with E-state index in [4.69, 9.17) is 26.2 Å². The Morgan fingerprint density at radius 3 is 2.81 bits per heavy atom. The fourth-order valence-corrected chi connectivity index (χ4v) is 1.18. The van der Waals surface area contributed by atoms with Crippen LogP contribution >= 0.6 is 11.6 Å². The highest BCUT2D eigenvalue weighted by Crippen LogP contribution is 2.24. The molecule has 88 valence electrons. The van der Waals surface area contributed by atoms with E-state index in [1.165, 1.54) is 12.1 Å². The van der Waals surface area contributed by atoms with Gasteiger partial charge in [0, 0.05) is 0 Å². The molecule has 1 rings (SSSR count). The van der Waals surface area contributed by atoms with E-state index in [0.717, 1.165) is 6.07 Å². The molecule has 1 N–H and O–H groups in total. The zero-order valence-electron chi connectivity index (χ0n) is 8.28. The predicted molar refractivity (Wildman–Crippen MR) is 55.4 cm³/mol. The lowest BCUT2D eigenvalue weighted by Gasteiger charge is -2.07. The second kappa shape index (κ2) is 6.30. The highest BCUT2D eigenvalue weighted by atomic mass is 35.5. The van der Waals surface area contributed by atoms with Gasteiger partial charge in [0.2, 0.25) is 0 Å². The Kier molecular flexibility index (Phi) is 5.01. The van der Waals surface area contributed by atoms with Gasteiger partial charge in [-0.05, 0) is 18.2 Å². The molecule has 16 heavy (non-hydrogen) atoms. The number of carbonyl (C=O) groups is 1. The van der Waals surface area contributed by atoms with E-state index in [2.05, 4.69) is 0 Å². The molecule has 4 nitrogen and oxygen atoms in total. The number of rotatable bonds is 6. The third-order valence-corrected chi connectivity index (χ3v) is 1.90. The Balaban J connectivity index is 2.29. The summed E-state index contributed by atoms with van der Waals surface area (Å²) in [6, 6.07) is 3.75. The van der Waals surface area contributed by atoms with Gasteiger partial charge >= 0.3 is 5.97 Å². The molecular weight excluding hydrogens is 239 g/mol. The zero-order chi connectivity index (χ0) is 12.0. The van der Waals surface area contributed by atoms with E-state index in [-0.39, 0.29) is 24.8 Å². The lowest BCUT2D eigenvalue weighted by molar-refractivity contribution is -0.142. The summed E-state index contributed by atoms with van der Waals surface area (Å²) in [5.41, 5.74) is 0. The van der Waals surface area contributed by atoms with Crippen molar-refractivity contribution in [1.29, 1.82) is 0 Å². The number of halogens is 2. The summed E-state index contributed by atoms with van der Waals surface area (Å²) < 4.78 is 22.5. The molecule has 0 amide bonds. The summed E-state index contributed by atoms with van der Waals surface area (Å²) in [5.74, 6) is -1.15. The molecule has 0 radical (unpaired) electrons. The fraction of sp³-hybridized carbons (Fsp3) is 0.300. The highest BCUT2D eigenvalue weighted by Gasteiger charge is 2.03. The number of hydrogen-bond donors (Lipinski definition) is 1. The first-order valence-corrected chi connectivity index (χ1v) is 4.85. The standard InChI is InChI=1S/C10H10ClFO4/c11-8-5-7(12)1-2-9(8)16-4-3-15-6-10(13)14/h1-2,5H,3-4,6H2,(H,13,14). The molecule has 1 aromatic rings. The van der Waals surface area contributed by atoms with Crippen molar-refractivity contribution in [3.8, 4) is 5.75 Å². The average Bonchev–Trinajstić information content (AvgIpc) is 2.20. The van der Waals surface area contributed by atoms with Crippen LogP contribution in [0.25, 0.3) is 0 Å². The van der Waals surface area contributed by atoms with Crippen LogP contribution in [0.4, 0.5) is 4.39 Å². The first kappa shape index (κ1) is 12.7. The van der Waals surface area contributed by atoms with Crippen molar-refractivity contribution in [3.05, 3.63) is 29.0 Å². The molecule has 6 heteroatoms. The normalized spacial score (nSPS) is 10.1. The van der Waals surface area contributed by atoms with Crippen molar-refractivity contribution >= 4 is 17.6 Å². The highest BCUT2D eigenvalue weighted by molar-refractivity contribution is 6.32. The van der Waals surface area contributed by atoms with Crippen LogP contribution in [0.15, 0.2) is 18.2 Å². The topological polar surface area (TPSA) is 55.8 Å². The van der Waals surface area contributed by atoms with Gasteiger partial charge in [0.25, 0.3) is 0 Å². The maximum absolute atomic E-state index is 12.6. The van der Waals surface area contributed by atoms with Crippen LogP contribution in [0.2, 0.25) is 5.02 Å². The molecule has 0 aliphatic heterocycles. The van der Waals surface area contributed by atoms with Gasteiger partial charge in [-0.15, -0.1) is 0 Å². The van der Waals surface area contributed by atoms with Crippen LogP contribution in [-0.4, -0.2) is 30.9 Å². The van der Waals surface area contributed by atoms with E-state index < -0.39 is 11.8 Å². The molecule has 0 unspecified atom stereocenters. The predicted octanol–water partition coefficient (Wildman–Crippen LogP) is 1.96. The second-order valence-corrected chi connectivity index (χ2v) is 3.28. The van der Waals surface area contributed by atoms with Crippen molar-refractivity contribution in [3.63, 3.8) is 0 Å². The van der Waals surface area contributed by atoms with Crippen LogP contribution in [0.3, 0.4) is 0 Å². The van der Waals surface area contributed by atoms with Gasteiger partial charge in [-0.2, -0.15) is 0 Å². The van der Waals surface area contributed by atoms with Crippen molar-refractivity contribution in [2.75, 3.05) is 19.8 Å². The van der Waals surface area contributed by atoms with Crippen molar-refractivity contribution in [1.82, 2.24) is 0 Å². The minimum atomic E-state index is -1.04. The number of hydrogen-bond acceptors (Lipinski definition) is 3. The maximum atomic E-state index is 12.6. The number of ether oxygens (including phenoxy) is 2. The van der Waals surface area contributed by atoms with Crippen LogP contribution in [0.1, 0.15) is 0 Å². The number of aliphatic carboxylic acids is 1. The van der Waals surface area contributed by atoms with E-state index >= 15 is 0 Å². The van der Waals surface area contributed by atoms with Crippen molar-refractivity contribution in [2.45, 2.75) is 0 Å². The Morgan fingerprint density at radius 2 is 2.19 bits per heavy atom. The Bertz CT molecular complexity index is 370. The minimum absolute atomic E-state index is 0.125. The Hall–Kier alpha value is -1.33. The summed E-state index contributed by atoms with van der Waals surface area (Å²) in [7, 11) is 0. The first-order chi connectivity index (χ1) is 7.59. The molecule has 0 saturated heterocycles. The summed E-state index contributed by atoms with van der Waals surface area (Å²) in [4.78, 5) is 10.1. The van der Waals surface area contributed by atoms with Crippen molar-refractivity contribution < 1.29 is 23.8 Å². The monoisotopic (exact) mass is 248 g/mol. The number of benzene rings is 1. The first-order valence-electron chi connectivity index (χ1n) is 4.47. The molecular formula is C10H10ClFO4. The fourth-order valence-electron chi connectivity index (χ4n) is 0.962. The molecule has 0 fully saturated rings. The van der Waals surface area contributed by atoms with Crippen molar-refractivity contribution in [2.24, 2.45) is 0 Å². The van der Waals surface area contributed by atoms with Crippen LogP contribution < -0.4 is 4.74 Å². The summed E-state index contributed by atoms with van der Waals surface area (Å²) in [6.07, 6.45) is 0. The SMILES string of the molecule is O=C(O)COCCOc1ccc(F)cc1Cl. The molecule has 0 atom stereocenters. The minimum Gasteiger partial charge on any atom is -0.490 e. The molecule has 0 bridgehead atoms. The van der Waals surface area contributed by atoms with Gasteiger partial charge < -0.3 is 14.6 Å². The Labute approximate surface area is 96.5 Å². The molecule has 0 aliphatic rings. The maximum Gasteiger partial charge on any atom is 0.329 e. The second-order valence-electron chi connectivity index (χ2n) is 2.87. The van der Waals surface area contributed by atoms with Gasteiger partial charge in [0.1, 0.15) is 24.8 Å². The largest absolute Gasteiger partial charge is 0.490 e. The lowest BCUT2D eigenvalue weighted by Crippen LogP contribution is -2.12. The third-order valence-electron chi connectivity index (χ3n) is 1.60. The zero-order valence-corrected chi connectivity index (χ0v) is 9.04. The van der Waals surface area contributed by atoms with Gasteiger partial charge in [-0.1, -0.05) is 11.6 Å². The summed E-state index contributed by atoms with van der Waals surface area (Å²) in [5, 5.41) is 8.44. The summed E-state index contributed by atoms with van der Waals surface area (Å²) >= 11 is 5.69. The number of carboxylic acids is 1. The van der Waals surface area contributed by atoms with E-state index in [1.54, 1.807) is 0 Å². The third kappa shape index (κ3) is 4.46. The smallest absolute Gasteiger partial charge is 0.329 e. The molecule has 0 aromatic heterocycles. The average molecular weight is 249 g/mol. The van der Waals surface area contributed by atoms with Crippen LogP contribution in [-0.2, 0) is 9.53 Å². The quantitative estimate of drug-likeness (QED) is 0.782. The lowest BCUT2D eigenvalue weighted by atomic mass is 10.3. The van der Waals surface area contributed by atoms with E-state index in [0.29, 0.717) is 5.75 Å². The van der Waals surface area contributed by atoms with Crippen LogP contribution in [0, 0.1) is 5.82 Å². The van der Waals surface area contributed by atoms with Gasteiger partial charge in [0.05, 0.1) is 11.6 Å². The summed E-state index contributed by atoms with van der Waals surface area (Å²) in [6.45, 7) is -0.0981. The van der Waals surface area contributed by atoms with Gasteiger partial charge in [-0.25, -0.2) is 9.18 Å². The van der Waals surface area contributed by atoms with E-state index in [1.807, 2.05) is 0 Å². The van der Waals surface area contributed by atoms with Crippen LogP contribution in [0.5, 0.6) is 5.75 Å². The molecule has 1 aromatic carbocycles. The molecule has 0 saturated carbocycles. The van der Waals surface area contributed by atoms with E-state index in [9.17, 15) is 9.18 Å².